The predicted molar refractivity (Wildman–Crippen MR) is 50.6 cm³/mol. The van der Waals surface area contributed by atoms with Crippen molar-refractivity contribution in [1.82, 2.24) is 0 Å². The molecule has 0 aromatic carbocycles. The Bertz CT molecular complexity index is 212. The van der Waals surface area contributed by atoms with E-state index in [9.17, 15) is 4.79 Å². The lowest BCUT2D eigenvalue weighted by atomic mass is 9.72. The maximum atomic E-state index is 11.8. The fourth-order valence-corrected chi connectivity index (χ4v) is 2.91. The van der Waals surface area contributed by atoms with Crippen molar-refractivity contribution in [2.45, 2.75) is 51.0 Å². The van der Waals surface area contributed by atoms with Crippen molar-refractivity contribution in [3.63, 3.8) is 0 Å². The van der Waals surface area contributed by atoms with Crippen molar-refractivity contribution in [3.05, 3.63) is 0 Å². The van der Waals surface area contributed by atoms with Crippen LogP contribution >= 0.6 is 0 Å². The fraction of sp³-hybridized carbons (Fsp3) is 0.909. The third kappa shape index (κ3) is 1.52. The maximum absolute atomic E-state index is 11.8. The molecule has 0 N–H and O–H groups in total. The number of carbonyl (C=O) groups excluding carboxylic acids is 1. The predicted octanol–water partition coefficient (Wildman–Crippen LogP) is 2.31. The van der Waals surface area contributed by atoms with E-state index >= 15 is 0 Å². The van der Waals surface area contributed by atoms with Crippen molar-refractivity contribution < 1.29 is 9.53 Å². The molecule has 0 aliphatic heterocycles. The number of hydrogen-bond acceptors (Lipinski definition) is 2. The molecular weight excluding hydrogens is 164 g/mol. The Morgan fingerprint density at radius 1 is 1.38 bits per heavy atom. The Kier molecular flexibility index (Phi) is 2.41. The van der Waals surface area contributed by atoms with Crippen LogP contribution in [0, 0.1) is 5.41 Å². The van der Waals surface area contributed by atoms with Gasteiger partial charge in [-0.05, 0) is 32.1 Å². The van der Waals surface area contributed by atoms with Gasteiger partial charge in [-0.25, -0.2) is 0 Å². The molecule has 0 heterocycles. The summed E-state index contributed by atoms with van der Waals surface area (Å²) in [5.41, 5.74) is 0.0406. The van der Waals surface area contributed by atoms with Crippen LogP contribution in [0.5, 0.6) is 0 Å². The highest BCUT2D eigenvalue weighted by molar-refractivity contribution is 5.85. The molecule has 2 unspecified atom stereocenters. The lowest BCUT2D eigenvalue weighted by molar-refractivity contribution is -0.131. The average Bonchev–Trinajstić information content (AvgIpc) is 2.56. The summed E-state index contributed by atoms with van der Waals surface area (Å²) in [5, 5.41) is 0. The highest BCUT2D eigenvalue weighted by Crippen LogP contribution is 2.47. The van der Waals surface area contributed by atoms with Crippen molar-refractivity contribution in [2.24, 2.45) is 5.41 Å². The largest absolute Gasteiger partial charge is 0.381 e. The molecule has 1 spiro atoms. The average molecular weight is 182 g/mol. The molecule has 74 valence electrons. The van der Waals surface area contributed by atoms with Crippen LogP contribution in [0.2, 0.25) is 0 Å². The minimum Gasteiger partial charge on any atom is -0.381 e. The Morgan fingerprint density at radius 3 is 2.85 bits per heavy atom. The first kappa shape index (κ1) is 9.20. The first-order chi connectivity index (χ1) is 6.27. The second-order valence-corrected chi connectivity index (χ2v) is 4.51. The normalized spacial score (nSPS) is 40.1. The summed E-state index contributed by atoms with van der Waals surface area (Å²) >= 11 is 0. The van der Waals surface area contributed by atoms with E-state index in [0.29, 0.717) is 11.9 Å². The molecule has 2 nitrogen and oxygen atoms in total. The van der Waals surface area contributed by atoms with E-state index < -0.39 is 0 Å². The van der Waals surface area contributed by atoms with Crippen molar-refractivity contribution in [1.29, 1.82) is 0 Å². The van der Waals surface area contributed by atoms with Crippen LogP contribution in [-0.4, -0.2) is 19.0 Å². The number of ether oxygens (including phenoxy) is 1. The Labute approximate surface area is 79.7 Å². The summed E-state index contributed by atoms with van der Waals surface area (Å²) in [6, 6.07) is 0. The first-order valence-electron chi connectivity index (χ1n) is 5.33. The van der Waals surface area contributed by atoms with E-state index in [-0.39, 0.29) is 5.41 Å². The van der Waals surface area contributed by atoms with Gasteiger partial charge in [-0.3, -0.25) is 4.79 Å². The van der Waals surface area contributed by atoms with E-state index in [2.05, 4.69) is 0 Å². The van der Waals surface area contributed by atoms with Crippen LogP contribution in [-0.2, 0) is 9.53 Å². The van der Waals surface area contributed by atoms with Crippen LogP contribution < -0.4 is 0 Å². The molecule has 13 heavy (non-hydrogen) atoms. The number of ketones is 1. The van der Waals surface area contributed by atoms with E-state index in [1.54, 1.807) is 7.11 Å². The molecule has 0 bridgehead atoms. The van der Waals surface area contributed by atoms with Crippen LogP contribution in [0.15, 0.2) is 0 Å². The lowest BCUT2D eigenvalue weighted by Crippen LogP contribution is -2.32. The van der Waals surface area contributed by atoms with E-state index in [4.69, 9.17) is 4.74 Å². The van der Waals surface area contributed by atoms with Crippen LogP contribution in [0.3, 0.4) is 0 Å². The molecule has 0 aromatic rings. The van der Waals surface area contributed by atoms with E-state index in [0.717, 1.165) is 38.5 Å². The van der Waals surface area contributed by atoms with Gasteiger partial charge in [-0.15, -0.1) is 0 Å². The van der Waals surface area contributed by atoms with Gasteiger partial charge in [0.2, 0.25) is 0 Å². The molecule has 0 amide bonds. The van der Waals surface area contributed by atoms with Crippen molar-refractivity contribution >= 4 is 5.78 Å². The minimum absolute atomic E-state index is 0.0406. The van der Waals surface area contributed by atoms with Gasteiger partial charge >= 0.3 is 0 Å². The van der Waals surface area contributed by atoms with Gasteiger partial charge in [0.25, 0.3) is 0 Å². The standard InChI is InChI=1S/C11H18O2/c1-13-9-5-7-11(8-9)6-3-2-4-10(11)12/h9H,2-8H2,1H3. The molecule has 2 heteroatoms. The molecule has 2 saturated carbocycles. The molecule has 0 aromatic heterocycles. The number of carbonyl (C=O) groups is 1. The Hall–Kier alpha value is -0.370. The quantitative estimate of drug-likeness (QED) is 0.622. The number of Topliss-reactive ketones (excluding diaryl/α,β-unsaturated/α-hetero) is 1. The molecule has 2 aliphatic carbocycles. The monoisotopic (exact) mass is 182 g/mol. The van der Waals surface area contributed by atoms with E-state index in [1.165, 1.54) is 6.42 Å². The first-order valence-corrected chi connectivity index (χ1v) is 5.33. The van der Waals surface area contributed by atoms with Gasteiger partial charge in [-0.2, -0.15) is 0 Å². The highest BCUT2D eigenvalue weighted by Gasteiger charge is 2.45. The van der Waals surface area contributed by atoms with Crippen LogP contribution in [0.25, 0.3) is 0 Å². The molecule has 2 rings (SSSR count). The zero-order valence-electron chi connectivity index (χ0n) is 8.34. The van der Waals surface area contributed by atoms with Crippen LogP contribution in [0.1, 0.15) is 44.9 Å². The second-order valence-electron chi connectivity index (χ2n) is 4.51. The summed E-state index contributed by atoms with van der Waals surface area (Å²) in [5.74, 6) is 0.512. The number of rotatable bonds is 1. The zero-order valence-corrected chi connectivity index (χ0v) is 8.34. The third-order valence-electron chi connectivity index (χ3n) is 3.80. The van der Waals surface area contributed by atoms with Gasteiger partial charge in [0.15, 0.2) is 0 Å². The fourth-order valence-electron chi connectivity index (χ4n) is 2.91. The SMILES string of the molecule is COC1CCC2(CCCCC2=O)C1. The summed E-state index contributed by atoms with van der Waals surface area (Å²) < 4.78 is 5.33. The lowest BCUT2D eigenvalue weighted by Gasteiger charge is -2.31. The molecule has 0 saturated heterocycles. The summed E-state index contributed by atoms with van der Waals surface area (Å²) in [7, 11) is 1.76. The molecule has 2 atom stereocenters. The van der Waals surface area contributed by atoms with Gasteiger partial charge in [0.05, 0.1) is 6.10 Å². The molecule has 0 radical (unpaired) electrons. The number of hydrogen-bond donors (Lipinski definition) is 0. The minimum atomic E-state index is 0.0406. The van der Waals surface area contributed by atoms with Gasteiger partial charge in [0, 0.05) is 18.9 Å². The Balaban J connectivity index is 2.07. The Morgan fingerprint density at radius 2 is 2.23 bits per heavy atom. The molecule has 2 aliphatic rings. The van der Waals surface area contributed by atoms with Gasteiger partial charge in [0.1, 0.15) is 5.78 Å². The topological polar surface area (TPSA) is 26.3 Å². The summed E-state index contributed by atoms with van der Waals surface area (Å²) in [4.78, 5) is 11.8. The highest BCUT2D eigenvalue weighted by atomic mass is 16.5. The number of methoxy groups -OCH3 is 1. The van der Waals surface area contributed by atoms with Crippen LogP contribution in [0.4, 0.5) is 0 Å². The second kappa shape index (κ2) is 3.41. The summed E-state index contributed by atoms with van der Waals surface area (Å²) in [6.45, 7) is 0. The summed E-state index contributed by atoms with van der Waals surface area (Å²) in [6.07, 6.45) is 7.78. The zero-order chi connectivity index (χ0) is 9.31. The smallest absolute Gasteiger partial charge is 0.139 e. The molecular formula is C11H18O2. The van der Waals surface area contributed by atoms with Crippen molar-refractivity contribution in [3.8, 4) is 0 Å². The maximum Gasteiger partial charge on any atom is 0.139 e. The molecule has 2 fully saturated rings. The van der Waals surface area contributed by atoms with Crippen molar-refractivity contribution in [2.75, 3.05) is 7.11 Å². The third-order valence-corrected chi connectivity index (χ3v) is 3.80. The van der Waals surface area contributed by atoms with Gasteiger partial charge in [-0.1, -0.05) is 6.42 Å². The van der Waals surface area contributed by atoms with Gasteiger partial charge < -0.3 is 4.74 Å². The van der Waals surface area contributed by atoms with E-state index in [1.807, 2.05) is 0 Å².